The molecule has 0 bridgehead atoms. The van der Waals surface area contributed by atoms with Gasteiger partial charge in [0.1, 0.15) is 11.5 Å². The largest absolute Gasteiger partial charge is 0.497 e. The summed E-state index contributed by atoms with van der Waals surface area (Å²) in [5.41, 5.74) is 3.58. The fourth-order valence-corrected chi connectivity index (χ4v) is 4.43. The predicted molar refractivity (Wildman–Crippen MR) is 134 cm³/mol. The van der Waals surface area contributed by atoms with Gasteiger partial charge in [0, 0.05) is 44.7 Å². The molecule has 2 aliphatic heterocycles. The lowest BCUT2D eigenvalue weighted by Crippen LogP contribution is -2.45. The summed E-state index contributed by atoms with van der Waals surface area (Å²) in [6.45, 7) is 6.72. The monoisotopic (exact) mass is 473 g/mol. The lowest BCUT2D eigenvalue weighted by molar-refractivity contribution is 0.0731. The molecule has 8 heteroatoms. The number of carbonyl (C=O) groups excluding carboxylic acids is 1. The van der Waals surface area contributed by atoms with Gasteiger partial charge in [-0.05, 0) is 44.3 Å². The third kappa shape index (κ3) is 5.07. The molecule has 0 atom stereocenters. The number of likely N-dealkylation sites (N-methyl/N-ethyl adjacent to an activating group) is 1. The van der Waals surface area contributed by atoms with E-state index in [-0.39, 0.29) is 5.91 Å². The maximum absolute atomic E-state index is 13.3. The maximum Gasteiger partial charge on any atom is 0.254 e. The van der Waals surface area contributed by atoms with Crippen LogP contribution in [0.1, 0.15) is 27.2 Å². The van der Waals surface area contributed by atoms with Crippen molar-refractivity contribution in [3.8, 4) is 17.4 Å². The van der Waals surface area contributed by atoms with Gasteiger partial charge in [-0.25, -0.2) is 4.98 Å². The maximum atomic E-state index is 13.3. The first-order valence-corrected chi connectivity index (χ1v) is 12.0. The normalized spacial score (nSPS) is 16.1. The molecule has 1 saturated heterocycles. The standard InChI is InChI=1S/C27H31N5O3/c1-19-7-9-21(10-8-19)35-25-23-18-32(26(33)20-5-4-6-22(17-20)34-3)12-11-24(23)28-27(29-25)31-15-13-30(2)14-16-31/h4-10,17H,11-16,18H2,1-3H3. The van der Waals surface area contributed by atoms with Crippen LogP contribution in [0.3, 0.4) is 0 Å². The average Bonchev–Trinajstić information content (AvgIpc) is 2.89. The van der Waals surface area contributed by atoms with Gasteiger partial charge in [-0.1, -0.05) is 23.8 Å². The number of nitrogens with zero attached hydrogens (tertiary/aromatic N) is 5. The quantitative estimate of drug-likeness (QED) is 0.561. The van der Waals surface area contributed by atoms with Crippen molar-refractivity contribution in [2.24, 2.45) is 0 Å². The summed E-state index contributed by atoms with van der Waals surface area (Å²) in [6, 6.07) is 15.2. The van der Waals surface area contributed by atoms with E-state index in [0.717, 1.165) is 48.7 Å². The van der Waals surface area contributed by atoms with E-state index < -0.39 is 0 Å². The molecule has 3 heterocycles. The lowest BCUT2D eigenvalue weighted by Gasteiger charge is -2.34. The van der Waals surface area contributed by atoms with Crippen LogP contribution in [0, 0.1) is 6.92 Å². The summed E-state index contributed by atoms with van der Waals surface area (Å²) in [6.07, 6.45) is 0.651. The minimum absolute atomic E-state index is 0.0426. The van der Waals surface area contributed by atoms with Crippen LogP contribution in [0.25, 0.3) is 0 Å². The van der Waals surface area contributed by atoms with Gasteiger partial charge in [0.2, 0.25) is 11.8 Å². The molecule has 2 aromatic carbocycles. The van der Waals surface area contributed by atoms with Gasteiger partial charge < -0.3 is 24.2 Å². The minimum atomic E-state index is -0.0426. The lowest BCUT2D eigenvalue weighted by atomic mass is 10.0. The van der Waals surface area contributed by atoms with Crippen molar-refractivity contribution in [2.75, 3.05) is 51.8 Å². The topological polar surface area (TPSA) is 71.0 Å². The van der Waals surface area contributed by atoms with Gasteiger partial charge in [-0.15, -0.1) is 0 Å². The van der Waals surface area contributed by atoms with Gasteiger partial charge in [0.25, 0.3) is 5.91 Å². The molecule has 1 fully saturated rings. The van der Waals surface area contributed by atoms with E-state index in [1.165, 1.54) is 0 Å². The van der Waals surface area contributed by atoms with Crippen molar-refractivity contribution in [3.63, 3.8) is 0 Å². The third-order valence-corrected chi connectivity index (χ3v) is 6.64. The fourth-order valence-electron chi connectivity index (χ4n) is 4.43. The van der Waals surface area contributed by atoms with Crippen LogP contribution < -0.4 is 14.4 Å². The van der Waals surface area contributed by atoms with E-state index >= 15 is 0 Å². The molecule has 35 heavy (non-hydrogen) atoms. The van der Waals surface area contributed by atoms with Crippen molar-refractivity contribution in [3.05, 3.63) is 70.9 Å². The van der Waals surface area contributed by atoms with Crippen molar-refractivity contribution < 1.29 is 14.3 Å². The highest BCUT2D eigenvalue weighted by Crippen LogP contribution is 2.32. The minimum Gasteiger partial charge on any atom is -0.497 e. The Bertz CT molecular complexity index is 1210. The Kier molecular flexibility index (Phi) is 6.55. The van der Waals surface area contributed by atoms with Crippen LogP contribution in [0.5, 0.6) is 17.4 Å². The van der Waals surface area contributed by atoms with E-state index in [2.05, 4.69) is 16.8 Å². The van der Waals surface area contributed by atoms with Crippen molar-refractivity contribution in [1.29, 1.82) is 0 Å². The Morgan fingerprint density at radius 3 is 2.46 bits per heavy atom. The second kappa shape index (κ2) is 9.92. The highest BCUT2D eigenvalue weighted by molar-refractivity contribution is 5.94. The molecule has 5 rings (SSSR count). The molecule has 0 aliphatic carbocycles. The zero-order valence-corrected chi connectivity index (χ0v) is 20.5. The summed E-state index contributed by atoms with van der Waals surface area (Å²) in [5, 5.41) is 0. The summed E-state index contributed by atoms with van der Waals surface area (Å²) in [4.78, 5) is 29.5. The first kappa shape index (κ1) is 23.1. The number of fused-ring (bicyclic) bond motifs is 1. The molecule has 3 aromatic rings. The van der Waals surface area contributed by atoms with E-state index in [0.29, 0.717) is 42.7 Å². The Labute approximate surface area is 206 Å². The second-order valence-corrected chi connectivity index (χ2v) is 9.17. The number of piperazine rings is 1. The SMILES string of the molecule is COc1cccc(C(=O)N2CCc3nc(N4CCN(C)CC4)nc(Oc4ccc(C)cc4)c3C2)c1. The van der Waals surface area contributed by atoms with Gasteiger partial charge in [0.15, 0.2) is 0 Å². The van der Waals surface area contributed by atoms with E-state index in [9.17, 15) is 4.79 Å². The Morgan fingerprint density at radius 2 is 1.71 bits per heavy atom. The summed E-state index contributed by atoms with van der Waals surface area (Å²) < 4.78 is 11.6. The molecule has 1 amide bonds. The van der Waals surface area contributed by atoms with E-state index in [1.54, 1.807) is 13.2 Å². The van der Waals surface area contributed by atoms with Crippen LogP contribution in [-0.2, 0) is 13.0 Å². The third-order valence-electron chi connectivity index (χ3n) is 6.64. The van der Waals surface area contributed by atoms with Crippen LogP contribution in [0.2, 0.25) is 0 Å². The molecule has 0 saturated carbocycles. The fraction of sp³-hybridized carbons (Fsp3) is 0.370. The number of carbonyl (C=O) groups is 1. The number of aryl methyl sites for hydroxylation is 1. The summed E-state index contributed by atoms with van der Waals surface area (Å²) in [5.74, 6) is 2.57. The number of hydrogen-bond donors (Lipinski definition) is 0. The molecular weight excluding hydrogens is 442 g/mol. The molecule has 182 valence electrons. The number of anilines is 1. The number of amides is 1. The molecule has 0 spiro atoms. The number of ether oxygens (including phenoxy) is 2. The van der Waals surface area contributed by atoms with Gasteiger partial charge in [0.05, 0.1) is 24.9 Å². The Hall–Kier alpha value is -3.65. The molecule has 2 aliphatic rings. The van der Waals surface area contributed by atoms with E-state index in [1.807, 2.05) is 54.3 Å². The first-order valence-electron chi connectivity index (χ1n) is 12.0. The molecular formula is C27H31N5O3. The molecule has 0 N–H and O–H groups in total. The van der Waals surface area contributed by atoms with Crippen molar-refractivity contribution in [1.82, 2.24) is 19.8 Å². The van der Waals surface area contributed by atoms with Crippen LogP contribution in [0.15, 0.2) is 48.5 Å². The first-order chi connectivity index (χ1) is 17.0. The zero-order chi connectivity index (χ0) is 24.4. The smallest absolute Gasteiger partial charge is 0.254 e. The van der Waals surface area contributed by atoms with Crippen LogP contribution in [0.4, 0.5) is 5.95 Å². The Morgan fingerprint density at radius 1 is 0.943 bits per heavy atom. The molecule has 0 radical (unpaired) electrons. The van der Waals surface area contributed by atoms with Crippen LogP contribution >= 0.6 is 0 Å². The summed E-state index contributed by atoms with van der Waals surface area (Å²) >= 11 is 0. The highest BCUT2D eigenvalue weighted by Gasteiger charge is 2.29. The predicted octanol–water partition coefficient (Wildman–Crippen LogP) is 3.54. The molecule has 0 unspecified atom stereocenters. The van der Waals surface area contributed by atoms with Gasteiger partial charge >= 0.3 is 0 Å². The van der Waals surface area contributed by atoms with Crippen molar-refractivity contribution >= 4 is 11.9 Å². The average molecular weight is 474 g/mol. The highest BCUT2D eigenvalue weighted by atomic mass is 16.5. The number of methoxy groups -OCH3 is 1. The number of rotatable bonds is 5. The van der Waals surface area contributed by atoms with Gasteiger partial charge in [-0.2, -0.15) is 4.98 Å². The zero-order valence-electron chi connectivity index (χ0n) is 20.5. The number of benzene rings is 2. The van der Waals surface area contributed by atoms with Crippen molar-refractivity contribution in [2.45, 2.75) is 19.9 Å². The molecule has 1 aromatic heterocycles. The molecule has 8 nitrogen and oxygen atoms in total. The number of aromatic nitrogens is 2. The van der Waals surface area contributed by atoms with Gasteiger partial charge in [-0.3, -0.25) is 4.79 Å². The Balaban J connectivity index is 1.46. The van der Waals surface area contributed by atoms with Crippen LogP contribution in [-0.4, -0.2) is 72.6 Å². The number of hydrogen-bond acceptors (Lipinski definition) is 7. The van der Waals surface area contributed by atoms with E-state index in [4.69, 9.17) is 19.4 Å². The second-order valence-electron chi connectivity index (χ2n) is 9.17. The summed E-state index contributed by atoms with van der Waals surface area (Å²) in [7, 11) is 3.73.